The fraction of sp³-hybridized carbons (Fsp3) is 0.190. The maximum Gasteiger partial charge on any atom is 0.363 e. The van der Waals surface area contributed by atoms with E-state index in [2.05, 4.69) is 4.99 Å². The zero-order valence-corrected chi connectivity index (χ0v) is 15.3. The van der Waals surface area contributed by atoms with E-state index in [1.165, 1.54) is 7.11 Å². The SMILES string of the molecule is CCC(=O)Oc1ccc(/C=C2\N=C(c3ccccc3C)OC2=O)cc1OC. The van der Waals surface area contributed by atoms with E-state index in [1.54, 1.807) is 31.2 Å². The molecule has 0 saturated heterocycles. The summed E-state index contributed by atoms with van der Waals surface area (Å²) in [5.74, 6) is 0.120. The van der Waals surface area contributed by atoms with E-state index >= 15 is 0 Å². The van der Waals surface area contributed by atoms with Crippen LogP contribution in [-0.4, -0.2) is 24.9 Å². The standard InChI is InChI=1S/C21H19NO5/c1-4-19(23)26-17-10-9-14(12-18(17)25-3)11-16-21(24)27-20(22-16)15-8-6-5-7-13(15)2/h5-12H,4H2,1-3H3/b16-11-. The molecule has 0 N–H and O–H groups in total. The zero-order chi connectivity index (χ0) is 19.4. The largest absolute Gasteiger partial charge is 0.493 e. The van der Waals surface area contributed by atoms with Gasteiger partial charge in [0.25, 0.3) is 0 Å². The lowest BCUT2D eigenvalue weighted by Crippen LogP contribution is -2.07. The van der Waals surface area contributed by atoms with Gasteiger partial charge in [0.05, 0.1) is 7.11 Å². The molecule has 2 aromatic carbocycles. The molecule has 1 aliphatic rings. The first-order valence-corrected chi connectivity index (χ1v) is 8.49. The Bertz CT molecular complexity index is 959. The smallest absolute Gasteiger partial charge is 0.363 e. The molecule has 0 aromatic heterocycles. The third-order valence-electron chi connectivity index (χ3n) is 4.00. The van der Waals surface area contributed by atoms with Gasteiger partial charge in [-0.15, -0.1) is 0 Å². The maximum atomic E-state index is 12.2. The molecule has 1 heterocycles. The number of aryl methyl sites for hydroxylation is 1. The van der Waals surface area contributed by atoms with Gasteiger partial charge in [-0.1, -0.05) is 31.2 Å². The number of aliphatic imine (C=N–C) groups is 1. The number of cyclic esters (lactones) is 1. The van der Waals surface area contributed by atoms with Crippen LogP contribution in [0, 0.1) is 6.92 Å². The Kier molecular flexibility index (Phi) is 5.35. The van der Waals surface area contributed by atoms with Crippen molar-refractivity contribution >= 4 is 23.9 Å². The van der Waals surface area contributed by atoms with Gasteiger partial charge in [-0.25, -0.2) is 9.79 Å². The van der Waals surface area contributed by atoms with Crippen LogP contribution < -0.4 is 9.47 Å². The second kappa shape index (κ2) is 7.86. The number of esters is 2. The number of hydrogen-bond acceptors (Lipinski definition) is 6. The van der Waals surface area contributed by atoms with E-state index in [0.717, 1.165) is 11.1 Å². The maximum absolute atomic E-state index is 12.2. The van der Waals surface area contributed by atoms with Gasteiger partial charge in [0, 0.05) is 12.0 Å². The Morgan fingerprint density at radius 3 is 2.67 bits per heavy atom. The van der Waals surface area contributed by atoms with Gasteiger partial charge in [-0.05, 0) is 42.3 Å². The van der Waals surface area contributed by atoms with Crippen molar-refractivity contribution in [3.05, 3.63) is 64.9 Å². The molecule has 0 unspecified atom stereocenters. The molecule has 3 rings (SSSR count). The Hall–Kier alpha value is -3.41. The number of rotatable bonds is 5. The summed E-state index contributed by atoms with van der Waals surface area (Å²) in [5.41, 5.74) is 2.60. The highest BCUT2D eigenvalue weighted by Crippen LogP contribution is 2.30. The average Bonchev–Trinajstić information content (AvgIpc) is 3.03. The Balaban J connectivity index is 1.91. The normalized spacial score (nSPS) is 14.7. The number of ether oxygens (including phenoxy) is 3. The highest BCUT2D eigenvalue weighted by atomic mass is 16.6. The van der Waals surface area contributed by atoms with Crippen molar-refractivity contribution in [3.63, 3.8) is 0 Å². The number of nitrogens with zero attached hydrogens (tertiary/aromatic N) is 1. The van der Waals surface area contributed by atoms with Crippen molar-refractivity contribution in [2.24, 2.45) is 4.99 Å². The zero-order valence-electron chi connectivity index (χ0n) is 15.3. The van der Waals surface area contributed by atoms with Crippen LogP contribution >= 0.6 is 0 Å². The Morgan fingerprint density at radius 1 is 1.19 bits per heavy atom. The highest BCUT2D eigenvalue weighted by Gasteiger charge is 2.25. The third kappa shape index (κ3) is 4.06. The molecule has 0 radical (unpaired) electrons. The van der Waals surface area contributed by atoms with Crippen LogP contribution in [0.3, 0.4) is 0 Å². The van der Waals surface area contributed by atoms with E-state index in [4.69, 9.17) is 14.2 Å². The van der Waals surface area contributed by atoms with Crippen LogP contribution in [0.4, 0.5) is 0 Å². The van der Waals surface area contributed by atoms with Gasteiger partial charge in [-0.3, -0.25) is 4.79 Å². The Labute approximate surface area is 157 Å². The van der Waals surface area contributed by atoms with Crippen LogP contribution in [0.1, 0.15) is 30.0 Å². The fourth-order valence-electron chi connectivity index (χ4n) is 2.55. The summed E-state index contributed by atoms with van der Waals surface area (Å²) in [7, 11) is 1.48. The van der Waals surface area contributed by atoms with Crippen molar-refractivity contribution in [2.45, 2.75) is 20.3 Å². The predicted molar refractivity (Wildman–Crippen MR) is 101 cm³/mol. The minimum Gasteiger partial charge on any atom is -0.493 e. The van der Waals surface area contributed by atoms with Crippen molar-refractivity contribution in [1.82, 2.24) is 0 Å². The van der Waals surface area contributed by atoms with Gasteiger partial charge in [0.1, 0.15) is 0 Å². The van der Waals surface area contributed by atoms with E-state index in [9.17, 15) is 9.59 Å². The van der Waals surface area contributed by atoms with Crippen LogP contribution in [-0.2, 0) is 14.3 Å². The molecule has 0 aliphatic carbocycles. The van der Waals surface area contributed by atoms with Gasteiger partial charge < -0.3 is 14.2 Å². The summed E-state index contributed by atoms with van der Waals surface area (Å²) in [6.07, 6.45) is 1.86. The van der Waals surface area contributed by atoms with E-state index < -0.39 is 5.97 Å². The summed E-state index contributed by atoms with van der Waals surface area (Å²) in [5, 5.41) is 0. The third-order valence-corrected chi connectivity index (χ3v) is 4.00. The van der Waals surface area contributed by atoms with Gasteiger partial charge in [-0.2, -0.15) is 0 Å². The summed E-state index contributed by atoms with van der Waals surface area (Å²) >= 11 is 0. The topological polar surface area (TPSA) is 74.2 Å². The first-order chi connectivity index (χ1) is 13.0. The molecule has 1 aliphatic heterocycles. The van der Waals surface area contributed by atoms with Crippen LogP contribution in [0.5, 0.6) is 11.5 Å². The van der Waals surface area contributed by atoms with Gasteiger partial charge in [0.2, 0.25) is 5.90 Å². The average molecular weight is 365 g/mol. The lowest BCUT2D eigenvalue weighted by molar-refractivity contribution is -0.134. The van der Waals surface area contributed by atoms with Crippen LogP contribution in [0.15, 0.2) is 53.2 Å². The molecular weight excluding hydrogens is 346 g/mol. The molecule has 138 valence electrons. The van der Waals surface area contributed by atoms with Crippen molar-refractivity contribution < 1.29 is 23.8 Å². The molecule has 0 saturated carbocycles. The number of benzene rings is 2. The molecule has 6 heteroatoms. The molecular formula is C21H19NO5. The number of methoxy groups -OCH3 is 1. The van der Waals surface area contributed by atoms with E-state index in [-0.39, 0.29) is 24.0 Å². The van der Waals surface area contributed by atoms with E-state index in [1.807, 2.05) is 31.2 Å². The molecule has 6 nitrogen and oxygen atoms in total. The second-order valence-electron chi connectivity index (χ2n) is 5.89. The molecule has 2 aromatic rings. The fourth-order valence-corrected chi connectivity index (χ4v) is 2.55. The lowest BCUT2D eigenvalue weighted by Gasteiger charge is -2.09. The quantitative estimate of drug-likeness (QED) is 0.459. The summed E-state index contributed by atoms with van der Waals surface area (Å²) in [6, 6.07) is 12.5. The van der Waals surface area contributed by atoms with Crippen molar-refractivity contribution in [3.8, 4) is 11.5 Å². The second-order valence-corrected chi connectivity index (χ2v) is 5.89. The number of carbonyl (C=O) groups is 2. The lowest BCUT2D eigenvalue weighted by atomic mass is 10.1. The molecule has 0 fully saturated rings. The van der Waals surface area contributed by atoms with Gasteiger partial charge in [0.15, 0.2) is 17.2 Å². The first-order valence-electron chi connectivity index (χ1n) is 8.49. The summed E-state index contributed by atoms with van der Waals surface area (Å²) < 4.78 is 15.8. The highest BCUT2D eigenvalue weighted by molar-refractivity contribution is 6.13. The summed E-state index contributed by atoms with van der Waals surface area (Å²) in [4.78, 5) is 28.0. The van der Waals surface area contributed by atoms with Crippen molar-refractivity contribution in [2.75, 3.05) is 7.11 Å². The minimum absolute atomic E-state index is 0.189. The van der Waals surface area contributed by atoms with Crippen LogP contribution in [0.2, 0.25) is 0 Å². The molecule has 0 spiro atoms. The van der Waals surface area contributed by atoms with Gasteiger partial charge >= 0.3 is 11.9 Å². The molecule has 0 bridgehead atoms. The molecule has 27 heavy (non-hydrogen) atoms. The first kappa shape index (κ1) is 18.4. The van der Waals surface area contributed by atoms with Crippen LogP contribution in [0.25, 0.3) is 6.08 Å². The number of hydrogen-bond donors (Lipinski definition) is 0. The Morgan fingerprint density at radius 2 is 1.96 bits per heavy atom. The monoisotopic (exact) mass is 365 g/mol. The minimum atomic E-state index is -0.520. The molecule has 0 amide bonds. The molecule has 0 atom stereocenters. The summed E-state index contributed by atoms with van der Waals surface area (Å²) in [6.45, 7) is 3.64. The van der Waals surface area contributed by atoms with E-state index in [0.29, 0.717) is 17.1 Å². The number of carbonyl (C=O) groups excluding carboxylic acids is 2. The predicted octanol–water partition coefficient (Wildman–Crippen LogP) is 3.66. The van der Waals surface area contributed by atoms with Crippen molar-refractivity contribution in [1.29, 1.82) is 0 Å².